The monoisotopic (exact) mass is 258 g/mol. The second-order valence-electron chi connectivity index (χ2n) is 5.84. The molecule has 1 heterocycles. The largest absolute Gasteiger partial charge is 0.478 e. The molecule has 2 rings (SSSR count). The first-order valence-electron chi connectivity index (χ1n) is 6.45. The van der Waals surface area contributed by atoms with Crippen molar-refractivity contribution < 1.29 is 9.90 Å². The van der Waals surface area contributed by atoms with E-state index in [2.05, 4.69) is 24.8 Å². The molecule has 0 amide bonds. The second kappa shape index (κ2) is 4.93. The summed E-state index contributed by atoms with van der Waals surface area (Å²) in [6.45, 7) is 6.26. The van der Waals surface area contributed by atoms with E-state index in [1.54, 1.807) is 12.1 Å². The van der Waals surface area contributed by atoms with E-state index in [0.717, 1.165) is 25.2 Å². The third-order valence-electron chi connectivity index (χ3n) is 3.61. The lowest BCUT2D eigenvalue weighted by Crippen LogP contribution is -2.40. The fourth-order valence-electron chi connectivity index (χ4n) is 2.66. The van der Waals surface area contributed by atoms with E-state index in [0.29, 0.717) is 5.56 Å². The van der Waals surface area contributed by atoms with Crippen LogP contribution in [0.25, 0.3) is 0 Å². The highest BCUT2D eigenvalue weighted by molar-refractivity contribution is 5.89. The third kappa shape index (κ3) is 2.87. The SMILES string of the molecule is CC1(C)CCCN(c2ccc(C(=O)O)cc2C#N)C1. The number of aromatic carboxylic acids is 1. The van der Waals surface area contributed by atoms with Crippen LogP contribution in [0.5, 0.6) is 0 Å². The number of piperidine rings is 1. The summed E-state index contributed by atoms with van der Waals surface area (Å²) in [5.74, 6) is -0.998. The molecular weight excluding hydrogens is 240 g/mol. The lowest BCUT2D eigenvalue weighted by Gasteiger charge is -2.39. The predicted octanol–water partition coefficient (Wildman–Crippen LogP) is 2.88. The van der Waals surface area contributed by atoms with E-state index in [1.165, 1.54) is 12.5 Å². The zero-order valence-corrected chi connectivity index (χ0v) is 11.3. The molecule has 4 heteroatoms. The van der Waals surface area contributed by atoms with Crippen molar-refractivity contribution in [2.24, 2.45) is 5.41 Å². The molecule has 1 fully saturated rings. The fraction of sp³-hybridized carbons (Fsp3) is 0.467. The molecule has 1 aliphatic rings. The Morgan fingerprint density at radius 1 is 1.47 bits per heavy atom. The van der Waals surface area contributed by atoms with E-state index in [9.17, 15) is 10.1 Å². The molecule has 1 aromatic carbocycles. The maximum atomic E-state index is 10.9. The normalized spacial score (nSPS) is 17.8. The minimum Gasteiger partial charge on any atom is -0.478 e. The number of nitrogens with zero attached hydrogens (tertiary/aromatic N) is 2. The van der Waals surface area contributed by atoms with Gasteiger partial charge in [-0.1, -0.05) is 13.8 Å². The van der Waals surface area contributed by atoms with Crippen LogP contribution in [0.2, 0.25) is 0 Å². The fourth-order valence-corrected chi connectivity index (χ4v) is 2.66. The molecule has 1 N–H and O–H groups in total. The van der Waals surface area contributed by atoms with Crippen LogP contribution in [0, 0.1) is 16.7 Å². The number of rotatable bonds is 2. The van der Waals surface area contributed by atoms with Gasteiger partial charge in [-0.25, -0.2) is 4.79 Å². The van der Waals surface area contributed by atoms with Gasteiger partial charge >= 0.3 is 5.97 Å². The van der Waals surface area contributed by atoms with Crippen LogP contribution >= 0.6 is 0 Å². The second-order valence-corrected chi connectivity index (χ2v) is 5.84. The molecule has 19 heavy (non-hydrogen) atoms. The number of hydrogen-bond donors (Lipinski definition) is 1. The Labute approximate surface area is 113 Å². The number of hydrogen-bond acceptors (Lipinski definition) is 3. The van der Waals surface area contributed by atoms with Crippen molar-refractivity contribution in [1.82, 2.24) is 0 Å². The highest BCUT2D eigenvalue weighted by Crippen LogP contribution is 2.33. The van der Waals surface area contributed by atoms with Crippen LogP contribution < -0.4 is 4.90 Å². The van der Waals surface area contributed by atoms with Gasteiger partial charge in [-0.2, -0.15) is 5.26 Å². The Balaban J connectivity index is 2.35. The van der Waals surface area contributed by atoms with Gasteiger partial charge in [0.25, 0.3) is 0 Å². The van der Waals surface area contributed by atoms with Gasteiger partial charge in [0.15, 0.2) is 0 Å². The molecule has 1 saturated heterocycles. The highest BCUT2D eigenvalue weighted by Gasteiger charge is 2.27. The van der Waals surface area contributed by atoms with Gasteiger partial charge in [0.1, 0.15) is 6.07 Å². The molecule has 0 radical (unpaired) electrons. The van der Waals surface area contributed by atoms with Crippen LogP contribution in [0.4, 0.5) is 5.69 Å². The molecule has 0 spiro atoms. The summed E-state index contributed by atoms with van der Waals surface area (Å²) in [6, 6.07) is 6.89. The van der Waals surface area contributed by atoms with Crippen molar-refractivity contribution in [2.45, 2.75) is 26.7 Å². The predicted molar refractivity (Wildman–Crippen MR) is 73.3 cm³/mol. The minimum atomic E-state index is -0.998. The van der Waals surface area contributed by atoms with E-state index in [4.69, 9.17) is 5.11 Å². The molecule has 0 saturated carbocycles. The first-order valence-corrected chi connectivity index (χ1v) is 6.45. The van der Waals surface area contributed by atoms with Crippen molar-refractivity contribution in [3.05, 3.63) is 29.3 Å². The van der Waals surface area contributed by atoms with Crippen molar-refractivity contribution in [2.75, 3.05) is 18.0 Å². The standard InChI is InChI=1S/C15H18N2O2/c1-15(2)6-3-7-17(10-15)13-5-4-11(14(18)19)8-12(13)9-16/h4-5,8H,3,6-7,10H2,1-2H3,(H,18,19). The minimum absolute atomic E-state index is 0.163. The lowest BCUT2D eigenvalue weighted by molar-refractivity contribution is 0.0697. The first kappa shape index (κ1) is 13.4. The number of carboxylic acid groups (broad SMARTS) is 1. The summed E-state index contributed by atoms with van der Waals surface area (Å²) in [6.07, 6.45) is 2.27. The van der Waals surface area contributed by atoms with E-state index in [1.807, 2.05) is 0 Å². The number of carboxylic acids is 1. The summed E-state index contributed by atoms with van der Waals surface area (Å²) in [7, 11) is 0. The average Bonchev–Trinajstić information content (AvgIpc) is 2.36. The van der Waals surface area contributed by atoms with Crippen LogP contribution in [0.3, 0.4) is 0 Å². The lowest BCUT2D eigenvalue weighted by atomic mass is 9.84. The maximum absolute atomic E-state index is 10.9. The van der Waals surface area contributed by atoms with Crippen LogP contribution in [0.1, 0.15) is 42.6 Å². The summed E-state index contributed by atoms with van der Waals surface area (Å²) in [5, 5.41) is 18.2. The van der Waals surface area contributed by atoms with E-state index in [-0.39, 0.29) is 11.0 Å². The summed E-state index contributed by atoms with van der Waals surface area (Å²) < 4.78 is 0. The van der Waals surface area contributed by atoms with Gasteiger partial charge in [-0.3, -0.25) is 0 Å². The van der Waals surface area contributed by atoms with Gasteiger partial charge in [0.2, 0.25) is 0 Å². The first-order chi connectivity index (χ1) is 8.93. The molecule has 0 bridgehead atoms. The molecule has 100 valence electrons. The Morgan fingerprint density at radius 2 is 2.21 bits per heavy atom. The molecule has 4 nitrogen and oxygen atoms in total. The summed E-state index contributed by atoms with van der Waals surface area (Å²) in [5.41, 5.74) is 1.69. The highest BCUT2D eigenvalue weighted by atomic mass is 16.4. The van der Waals surface area contributed by atoms with Crippen molar-refractivity contribution in [1.29, 1.82) is 5.26 Å². The molecule has 0 atom stereocenters. The molecule has 1 aromatic rings. The molecule has 0 aromatic heterocycles. The van der Waals surface area contributed by atoms with E-state index < -0.39 is 5.97 Å². The number of carbonyl (C=O) groups is 1. The molecule has 1 aliphatic heterocycles. The van der Waals surface area contributed by atoms with E-state index >= 15 is 0 Å². The Bertz CT molecular complexity index is 544. The van der Waals surface area contributed by atoms with Gasteiger partial charge in [-0.05, 0) is 36.5 Å². The van der Waals surface area contributed by atoms with Crippen LogP contribution in [-0.2, 0) is 0 Å². The van der Waals surface area contributed by atoms with Crippen molar-refractivity contribution >= 4 is 11.7 Å². The van der Waals surface area contributed by atoms with Gasteiger partial charge < -0.3 is 10.0 Å². The number of nitriles is 1. The molecular formula is C15H18N2O2. The average molecular weight is 258 g/mol. The van der Waals surface area contributed by atoms with Gasteiger partial charge in [0, 0.05) is 13.1 Å². The Morgan fingerprint density at radius 3 is 2.79 bits per heavy atom. The number of anilines is 1. The Kier molecular flexibility index (Phi) is 3.48. The number of benzene rings is 1. The van der Waals surface area contributed by atoms with Crippen LogP contribution in [-0.4, -0.2) is 24.2 Å². The molecule has 0 unspecified atom stereocenters. The smallest absolute Gasteiger partial charge is 0.335 e. The summed E-state index contributed by atoms with van der Waals surface area (Å²) in [4.78, 5) is 13.1. The van der Waals surface area contributed by atoms with Crippen molar-refractivity contribution in [3.8, 4) is 6.07 Å². The molecule has 0 aliphatic carbocycles. The maximum Gasteiger partial charge on any atom is 0.335 e. The summed E-state index contributed by atoms with van der Waals surface area (Å²) >= 11 is 0. The third-order valence-corrected chi connectivity index (χ3v) is 3.61. The zero-order valence-electron chi connectivity index (χ0n) is 11.3. The van der Waals surface area contributed by atoms with Gasteiger partial charge in [-0.15, -0.1) is 0 Å². The van der Waals surface area contributed by atoms with Gasteiger partial charge in [0.05, 0.1) is 16.8 Å². The zero-order chi connectivity index (χ0) is 14.0. The topological polar surface area (TPSA) is 64.3 Å². The Hall–Kier alpha value is -2.02. The van der Waals surface area contributed by atoms with Crippen LogP contribution in [0.15, 0.2) is 18.2 Å². The van der Waals surface area contributed by atoms with Crippen molar-refractivity contribution in [3.63, 3.8) is 0 Å². The quantitative estimate of drug-likeness (QED) is 0.885.